The average molecular weight is 296 g/mol. The van der Waals surface area contributed by atoms with Crippen molar-refractivity contribution in [2.75, 3.05) is 19.7 Å². The average Bonchev–Trinajstić information content (AvgIpc) is 2.71. The minimum absolute atomic E-state index is 0.104. The molecule has 1 heterocycles. The van der Waals surface area contributed by atoms with Crippen molar-refractivity contribution in [2.45, 2.75) is 71.4 Å². The molecule has 4 nitrogen and oxygen atoms in total. The Morgan fingerprint density at radius 1 is 1.29 bits per heavy atom. The van der Waals surface area contributed by atoms with Crippen LogP contribution in [0.5, 0.6) is 0 Å². The highest BCUT2D eigenvalue weighted by atomic mass is 16.5. The maximum Gasteiger partial charge on any atom is 0.243 e. The number of amides is 1. The molecule has 0 aromatic rings. The second-order valence-electron chi connectivity index (χ2n) is 7.34. The summed E-state index contributed by atoms with van der Waals surface area (Å²) in [4.78, 5) is 15.0. The van der Waals surface area contributed by atoms with E-state index in [9.17, 15) is 4.79 Å². The van der Waals surface area contributed by atoms with Gasteiger partial charge in [-0.25, -0.2) is 0 Å². The molecule has 0 bridgehead atoms. The van der Waals surface area contributed by atoms with E-state index in [1.807, 2.05) is 11.8 Å². The van der Waals surface area contributed by atoms with Crippen LogP contribution in [0.1, 0.15) is 59.8 Å². The van der Waals surface area contributed by atoms with E-state index in [-0.39, 0.29) is 17.4 Å². The first-order valence-corrected chi connectivity index (χ1v) is 8.56. The second-order valence-corrected chi connectivity index (χ2v) is 7.34. The topological polar surface area (TPSA) is 55.6 Å². The fourth-order valence-corrected chi connectivity index (χ4v) is 3.86. The van der Waals surface area contributed by atoms with Crippen LogP contribution in [0, 0.1) is 11.3 Å². The Morgan fingerprint density at radius 3 is 2.57 bits per heavy atom. The zero-order chi connectivity index (χ0) is 15.7. The van der Waals surface area contributed by atoms with Gasteiger partial charge >= 0.3 is 0 Å². The van der Waals surface area contributed by atoms with Crippen LogP contribution in [0.2, 0.25) is 0 Å². The number of ether oxygens (including phenoxy) is 1. The summed E-state index contributed by atoms with van der Waals surface area (Å²) in [5, 5.41) is 0. The third-order valence-corrected chi connectivity index (χ3v) is 5.92. The molecule has 1 aliphatic carbocycles. The van der Waals surface area contributed by atoms with Gasteiger partial charge in [-0.15, -0.1) is 0 Å². The molecule has 2 aliphatic rings. The highest BCUT2D eigenvalue weighted by Gasteiger charge is 2.63. The van der Waals surface area contributed by atoms with Gasteiger partial charge in [-0.05, 0) is 32.1 Å². The number of carbonyl (C=O) groups excluding carboxylic acids is 1. The molecule has 2 rings (SSSR count). The first kappa shape index (κ1) is 16.8. The third kappa shape index (κ3) is 2.85. The van der Waals surface area contributed by atoms with Crippen molar-refractivity contribution >= 4 is 5.91 Å². The quantitative estimate of drug-likeness (QED) is 0.867. The molecule has 21 heavy (non-hydrogen) atoms. The summed E-state index contributed by atoms with van der Waals surface area (Å²) in [5.74, 6) is 0.905. The van der Waals surface area contributed by atoms with Crippen LogP contribution < -0.4 is 5.73 Å². The Bertz CT molecular complexity index is 383. The molecule has 3 unspecified atom stereocenters. The van der Waals surface area contributed by atoms with Crippen LogP contribution in [0.3, 0.4) is 0 Å². The predicted molar refractivity (Wildman–Crippen MR) is 84.9 cm³/mol. The molecule has 1 saturated heterocycles. The Kier molecular flexibility index (Phi) is 4.99. The molecular weight excluding hydrogens is 264 g/mol. The van der Waals surface area contributed by atoms with Crippen molar-refractivity contribution in [3.8, 4) is 0 Å². The number of likely N-dealkylation sites (tertiary alicyclic amines) is 1. The summed E-state index contributed by atoms with van der Waals surface area (Å²) >= 11 is 0. The fraction of sp³-hybridized carbons (Fsp3) is 0.941. The van der Waals surface area contributed by atoms with Crippen LogP contribution in [0.25, 0.3) is 0 Å². The molecule has 0 aromatic carbocycles. The fourth-order valence-electron chi connectivity index (χ4n) is 3.86. The van der Waals surface area contributed by atoms with Crippen molar-refractivity contribution in [3.63, 3.8) is 0 Å². The summed E-state index contributed by atoms with van der Waals surface area (Å²) < 4.78 is 5.73. The van der Waals surface area contributed by atoms with Crippen molar-refractivity contribution < 1.29 is 9.53 Å². The lowest BCUT2D eigenvalue weighted by Gasteiger charge is -2.58. The molecule has 2 fully saturated rings. The molecule has 1 aliphatic heterocycles. The van der Waals surface area contributed by atoms with Gasteiger partial charge in [0.25, 0.3) is 0 Å². The molecular formula is C17H32N2O2. The van der Waals surface area contributed by atoms with E-state index in [0.29, 0.717) is 13.0 Å². The molecule has 1 saturated carbocycles. The molecule has 122 valence electrons. The molecule has 3 atom stereocenters. The summed E-state index contributed by atoms with van der Waals surface area (Å²) in [7, 11) is 0. The summed E-state index contributed by atoms with van der Waals surface area (Å²) in [5.41, 5.74) is 5.49. The van der Waals surface area contributed by atoms with Crippen LogP contribution in [-0.4, -0.2) is 42.1 Å². The zero-order valence-corrected chi connectivity index (χ0v) is 14.2. The standard InChI is InChI=1S/C17H32N2O2/c1-5-13-8-7-10-19(11-9-13)15(20)17(18)12-14(21-6-2)16(17,3)4/h13-14H,5-12,18H2,1-4H3. The molecule has 2 N–H and O–H groups in total. The van der Waals surface area contributed by atoms with Gasteiger partial charge in [-0.2, -0.15) is 0 Å². The Balaban J connectivity index is 2.03. The van der Waals surface area contributed by atoms with Crippen LogP contribution >= 0.6 is 0 Å². The second kappa shape index (κ2) is 6.25. The van der Waals surface area contributed by atoms with Gasteiger partial charge in [0.2, 0.25) is 5.91 Å². The largest absolute Gasteiger partial charge is 0.378 e. The maximum absolute atomic E-state index is 13.0. The van der Waals surface area contributed by atoms with Crippen molar-refractivity contribution in [1.82, 2.24) is 4.90 Å². The minimum Gasteiger partial charge on any atom is -0.378 e. The Hall–Kier alpha value is -0.610. The van der Waals surface area contributed by atoms with E-state index in [2.05, 4.69) is 20.8 Å². The van der Waals surface area contributed by atoms with E-state index in [0.717, 1.165) is 31.8 Å². The van der Waals surface area contributed by atoms with Crippen molar-refractivity contribution in [1.29, 1.82) is 0 Å². The number of hydrogen-bond acceptors (Lipinski definition) is 3. The van der Waals surface area contributed by atoms with Gasteiger partial charge in [-0.3, -0.25) is 4.79 Å². The number of hydrogen-bond donors (Lipinski definition) is 1. The SMILES string of the molecule is CCOC1CC(N)(C(=O)N2CCCC(CC)CC2)C1(C)C. The highest BCUT2D eigenvalue weighted by Crippen LogP contribution is 2.50. The van der Waals surface area contributed by atoms with Crippen LogP contribution in [-0.2, 0) is 9.53 Å². The monoisotopic (exact) mass is 296 g/mol. The predicted octanol–water partition coefficient (Wildman–Crippen LogP) is 2.56. The maximum atomic E-state index is 13.0. The van der Waals surface area contributed by atoms with Gasteiger partial charge in [0.15, 0.2) is 0 Å². The first-order valence-electron chi connectivity index (χ1n) is 8.56. The number of carbonyl (C=O) groups is 1. The Morgan fingerprint density at radius 2 is 2.00 bits per heavy atom. The molecule has 4 heteroatoms. The molecule has 0 radical (unpaired) electrons. The van der Waals surface area contributed by atoms with Gasteiger partial charge in [0.1, 0.15) is 5.54 Å². The summed E-state index contributed by atoms with van der Waals surface area (Å²) in [6.07, 6.45) is 5.44. The first-order chi connectivity index (χ1) is 9.86. The molecule has 0 spiro atoms. The normalized spacial score (nSPS) is 36.0. The number of nitrogens with two attached hydrogens (primary N) is 1. The number of nitrogens with zero attached hydrogens (tertiary/aromatic N) is 1. The van der Waals surface area contributed by atoms with Gasteiger partial charge in [0.05, 0.1) is 6.10 Å². The highest BCUT2D eigenvalue weighted by molar-refractivity contribution is 5.89. The van der Waals surface area contributed by atoms with Gasteiger partial charge in [0, 0.05) is 31.5 Å². The smallest absolute Gasteiger partial charge is 0.243 e. The van der Waals surface area contributed by atoms with E-state index in [4.69, 9.17) is 10.5 Å². The summed E-state index contributed by atoms with van der Waals surface area (Å²) in [6, 6.07) is 0. The summed E-state index contributed by atoms with van der Waals surface area (Å²) in [6.45, 7) is 10.8. The van der Waals surface area contributed by atoms with Crippen molar-refractivity contribution in [3.05, 3.63) is 0 Å². The lowest BCUT2D eigenvalue weighted by atomic mass is 9.54. The van der Waals surface area contributed by atoms with Gasteiger partial charge in [-0.1, -0.05) is 27.2 Å². The van der Waals surface area contributed by atoms with Crippen LogP contribution in [0.15, 0.2) is 0 Å². The van der Waals surface area contributed by atoms with Crippen LogP contribution in [0.4, 0.5) is 0 Å². The minimum atomic E-state index is -0.751. The van der Waals surface area contributed by atoms with E-state index in [1.165, 1.54) is 12.8 Å². The van der Waals surface area contributed by atoms with E-state index >= 15 is 0 Å². The van der Waals surface area contributed by atoms with E-state index in [1.54, 1.807) is 0 Å². The van der Waals surface area contributed by atoms with Crippen molar-refractivity contribution in [2.24, 2.45) is 17.1 Å². The van der Waals surface area contributed by atoms with Gasteiger partial charge < -0.3 is 15.4 Å². The zero-order valence-electron chi connectivity index (χ0n) is 14.2. The third-order valence-electron chi connectivity index (χ3n) is 5.92. The van der Waals surface area contributed by atoms with E-state index < -0.39 is 5.54 Å². The lowest BCUT2D eigenvalue weighted by Crippen LogP contribution is -2.76. The molecule has 0 aromatic heterocycles. The Labute approximate surface area is 129 Å². The molecule has 1 amide bonds. The number of rotatable bonds is 4. The lowest BCUT2D eigenvalue weighted by molar-refractivity contribution is -0.179.